The summed E-state index contributed by atoms with van der Waals surface area (Å²) < 4.78 is 10.5. The van der Waals surface area contributed by atoms with Gasteiger partial charge in [-0.25, -0.2) is 0 Å². The Morgan fingerprint density at radius 2 is 1.42 bits per heavy atom. The monoisotopic (exact) mass is 324 g/mol. The molecule has 2 N–H and O–H groups in total. The zero-order valence-corrected chi connectivity index (χ0v) is 14.0. The first-order valence-electron chi connectivity index (χ1n) is 7.69. The molecule has 0 heterocycles. The lowest BCUT2D eigenvalue weighted by Crippen LogP contribution is -1.96. The molecule has 0 aliphatic rings. The molecule has 0 saturated carbocycles. The molecule has 0 aliphatic heterocycles. The summed E-state index contributed by atoms with van der Waals surface area (Å²) in [5.74, 6) is 1.07. The highest BCUT2D eigenvalue weighted by Gasteiger charge is 2.14. The van der Waals surface area contributed by atoms with Crippen LogP contribution in [0.3, 0.4) is 0 Å². The van der Waals surface area contributed by atoms with Gasteiger partial charge in [-0.3, -0.25) is 0 Å². The second-order valence-corrected chi connectivity index (χ2v) is 5.77. The minimum atomic E-state index is -0.00417. The molecular weight excluding hydrogens is 304 g/mol. The fraction of sp³-hybridized carbons (Fsp3) is 0.200. The fourth-order valence-electron chi connectivity index (χ4n) is 3.01. The first kappa shape index (κ1) is 16.0. The number of aromatic hydroxyl groups is 2. The Labute approximate surface area is 140 Å². The van der Waals surface area contributed by atoms with E-state index >= 15 is 0 Å². The van der Waals surface area contributed by atoms with E-state index in [4.69, 9.17) is 9.47 Å². The van der Waals surface area contributed by atoms with Crippen LogP contribution in [0.4, 0.5) is 0 Å². The van der Waals surface area contributed by atoms with Crippen LogP contribution in [-0.2, 0) is 6.42 Å². The third-order valence-electron chi connectivity index (χ3n) is 4.23. The Hall–Kier alpha value is -2.88. The fourth-order valence-corrected chi connectivity index (χ4v) is 3.01. The number of phenols is 2. The van der Waals surface area contributed by atoms with Crippen LogP contribution in [0.2, 0.25) is 0 Å². The summed E-state index contributed by atoms with van der Waals surface area (Å²) in [6.45, 7) is 1.89. The lowest BCUT2D eigenvalue weighted by atomic mass is 9.95. The highest BCUT2D eigenvalue weighted by Crippen LogP contribution is 2.39. The highest BCUT2D eigenvalue weighted by molar-refractivity contribution is 5.92. The minimum absolute atomic E-state index is 0.00417. The van der Waals surface area contributed by atoms with Crippen LogP contribution in [0.5, 0.6) is 23.0 Å². The van der Waals surface area contributed by atoms with Crippen LogP contribution in [0, 0.1) is 6.92 Å². The summed E-state index contributed by atoms with van der Waals surface area (Å²) >= 11 is 0. The molecule has 0 aromatic heterocycles. The van der Waals surface area contributed by atoms with E-state index in [0.717, 1.165) is 27.5 Å². The standard InChI is InChI=1S/C20H20O4/c1-12-8-14(15-6-4-5-7-16(15)19(12)21)9-13-10-17(23-2)20(22)18(11-13)24-3/h4-8,10-11,21-22H,9H2,1-3H3. The van der Waals surface area contributed by atoms with Crippen LogP contribution in [-0.4, -0.2) is 24.4 Å². The Morgan fingerprint density at radius 1 is 0.833 bits per heavy atom. The molecule has 0 aliphatic carbocycles. The normalized spacial score (nSPS) is 10.8. The van der Waals surface area contributed by atoms with E-state index in [9.17, 15) is 10.2 Å². The number of benzene rings is 3. The maximum absolute atomic E-state index is 10.3. The van der Waals surface area contributed by atoms with E-state index in [-0.39, 0.29) is 5.75 Å². The number of aryl methyl sites for hydroxylation is 1. The van der Waals surface area contributed by atoms with E-state index in [0.29, 0.717) is 23.7 Å². The smallest absolute Gasteiger partial charge is 0.200 e. The van der Waals surface area contributed by atoms with Crippen LogP contribution in [0.1, 0.15) is 16.7 Å². The van der Waals surface area contributed by atoms with Gasteiger partial charge in [-0.2, -0.15) is 0 Å². The maximum atomic E-state index is 10.3. The number of phenolic OH excluding ortho intramolecular Hbond substituents is 2. The van der Waals surface area contributed by atoms with Crippen LogP contribution < -0.4 is 9.47 Å². The van der Waals surface area contributed by atoms with E-state index < -0.39 is 0 Å². The third kappa shape index (κ3) is 2.71. The largest absolute Gasteiger partial charge is 0.507 e. The van der Waals surface area contributed by atoms with Crippen molar-refractivity contribution >= 4 is 10.8 Å². The van der Waals surface area contributed by atoms with Crippen molar-refractivity contribution in [2.75, 3.05) is 14.2 Å². The van der Waals surface area contributed by atoms with Crippen LogP contribution in [0.15, 0.2) is 42.5 Å². The van der Waals surface area contributed by atoms with Gasteiger partial charge in [0.2, 0.25) is 5.75 Å². The average Bonchev–Trinajstić information content (AvgIpc) is 2.60. The van der Waals surface area contributed by atoms with Gasteiger partial charge < -0.3 is 19.7 Å². The van der Waals surface area contributed by atoms with Crippen molar-refractivity contribution in [3.8, 4) is 23.0 Å². The van der Waals surface area contributed by atoms with Gasteiger partial charge in [-0.1, -0.05) is 30.3 Å². The van der Waals surface area contributed by atoms with Gasteiger partial charge in [0.25, 0.3) is 0 Å². The van der Waals surface area contributed by atoms with E-state index in [1.165, 1.54) is 14.2 Å². The van der Waals surface area contributed by atoms with Gasteiger partial charge in [0.05, 0.1) is 14.2 Å². The van der Waals surface area contributed by atoms with Gasteiger partial charge >= 0.3 is 0 Å². The van der Waals surface area contributed by atoms with Crippen molar-refractivity contribution in [3.63, 3.8) is 0 Å². The molecule has 0 saturated heterocycles. The first-order chi connectivity index (χ1) is 11.5. The van der Waals surface area contributed by atoms with Crippen LogP contribution >= 0.6 is 0 Å². The molecule has 0 bridgehead atoms. The van der Waals surface area contributed by atoms with Crippen molar-refractivity contribution in [2.24, 2.45) is 0 Å². The van der Waals surface area contributed by atoms with Crippen molar-refractivity contribution < 1.29 is 19.7 Å². The molecule has 4 heteroatoms. The van der Waals surface area contributed by atoms with Crippen molar-refractivity contribution in [1.82, 2.24) is 0 Å². The van der Waals surface area contributed by atoms with Crippen LogP contribution in [0.25, 0.3) is 10.8 Å². The van der Waals surface area contributed by atoms with Gasteiger partial charge in [0, 0.05) is 5.39 Å². The number of methoxy groups -OCH3 is 2. The van der Waals surface area contributed by atoms with Crippen molar-refractivity contribution in [1.29, 1.82) is 0 Å². The van der Waals surface area contributed by atoms with Gasteiger partial charge in [-0.15, -0.1) is 0 Å². The van der Waals surface area contributed by atoms with E-state index in [1.807, 2.05) is 37.3 Å². The molecule has 3 rings (SSSR count). The average molecular weight is 324 g/mol. The minimum Gasteiger partial charge on any atom is -0.507 e. The predicted molar refractivity (Wildman–Crippen MR) is 94.4 cm³/mol. The quantitative estimate of drug-likeness (QED) is 0.756. The summed E-state index contributed by atoms with van der Waals surface area (Å²) in [6, 6.07) is 13.4. The van der Waals surface area contributed by atoms with Crippen molar-refractivity contribution in [3.05, 3.63) is 59.2 Å². The Bertz CT molecular complexity index is 875. The summed E-state index contributed by atoms with van der Waals surface area (Å²) in [5.41, 5.74) is 2.88. The Kier molecular flexibility index (Phi) is 4.21. The topological polar surface area (TPSA) is 58.9 Å². The third-order valence-corrected chi connectivity index (χ3v) is 4.23. The SMILES string of the molecule is COc1cc(Cc2cc(C)c(O)c3ccccc23)cc(OC)c1O. The van der Waals surface area contributed by atoms with Gasteiger partial charge in [0.1, 0.15) is 5.75 Å². The number of ether oxygens (including phenoxy) is 2. The first-order valence-corrected chi connectivity index (χ1v) is 7.69. The van der Waals surface area contributed by atoms with Gasteiger partial charge in [-0.05, 0) is 47.6 Å². The van der Waals surface area contributed by atoms with Crippen molar-refractivity contribution in [2.45, 2.75) is 13.3 Å². The summed E-state index contributed by atoms with van der Waals surface area (Å²) in [6.07, 6.45) is 0.634. The molecule has 24 heavy (non-hydrogen) atoms. The maximum Gasteiger partial charge on any atom is 0.200 e. The molecule has 4 nitrogen and oxygen atoms in total. The lowest BCUT2D eigenvalue weighted by Gasteiger charge is -2.14. The zero-order chi connectivity index (χ0) is 17.3. The van der Waals surface area contributed by atoms with E-state index in [2.05, 4.69) is 0 Å². The lowest BCUT2D eigenvalue weighted by molar-refractivity contribution is 0.339. The zero-order valence-electron chi connectivity index (χ0n) is 14.0. The molecule has 3 aromatic rings. The highest BCUT2D eigenvalue weighted by atomic mass is 16.5. The molecule has 0 radical (unpaired) electrons. The molecule has 0 atom stereocenters. The summed E-state index contributed by atoms with van der Waals surface area (Å²) in [4.78, 5) is 0. The molecular formula is C20H20O4. The number of hydrogen-bond acceptors (Lipinski definition) is 4. The number of fused-ring (bicyclic) bond motifs is 1. The molecule has 0 amide bonds. The van der Waals surface area contributed by atoms with Gasteiger partial charge in [0.15, 0.2) is 11.5 Å². The Balaban J connectivity index is 2.12. The second kappa shape index (κ2) is 6.32. The van der Waals surface area contributed by atoms with E-state index in [1.54, 1.807) is 12.1 Å². The number of hydrogen-bond donors (Lipinski definition) is 2. The predicted octanol–water partition coefficient (Wildman–Crippen LogP) is 4.17. The second-order valence-electron chi connectivity index (χ2n) is 5.77. The Morgan fingerprint density at radius 3 is 2.00 bits per heavy atom. The molecule has 124 valence electrons. The molecule has 0 unspecified atom stereocenters. The molecule has 0 fully saturated rings. The number of rotatable bonds is 4. The summed E-state index contributed by atoms with van der Waals surface area (Å²) in [5, 5.41) is 22.2. The molecule has 0 spiro atoms. The summed E-state index contributed by atoms with van der Waals surface area (Å²) in [7, 11) is 3.02. The molecule has 3 aromatic carbocycles.